The van der Waals surface area contributed by atoms with Gasteiger partial charge in [0.2, 0.25) is 0 Å². The Morgan fingerprint density at radius 2 is 2.44 bits per heavy atom. The van der Waals surface area contributed by atoms with E-state index < -0.39 is 0 Å². The van der Waals surface area contributed by atoms with Crippen LogP contribution in [-0.4, -0.2) is 41.3 Å². The van der Waals surface area contributed by atoms with Gasteiger partial charge in [-0.1, -0.05) is 6.92 Å². The second-order valence-electron chi connectivity index (χ2n) is 3.83. The first-order chi connectivity index (χ1) is 7.80. The van der Waals surface area contributed by atoms with Crippen molar-refractivity contribution in [1.29, 1.82) is 0 Å². The number of aromatic nitrogens is 2. The van der Waals surface area contributed by atoms with Gasteiger partial charge in [-0.3, -0.25) is 4.68 Å². The van der Waals surface area contributed by atoms with Gasteiger partial charge in [-0.25, -0.2) is 0 Å². The molecule has 0 saturated carbocycles. The van der Waals surface area contributed by atoms with E-state index in [0.29, 0.717) is 13.2 Å². The molecule has 1 unspecified atom stereocenters. The summed E-state index contributed by atoms with van der Waals surface area (Å²) in [4.78, 5) is 0. The first kappa shape index (κ1) is 13.2. The van der Waals surface area contributed by atoms with Crippen LogP contribution in [0.15, 0.2) is 12.4 Å². The van der Waals surface area contributed by atoms with E-state index in [9.17, 15) is 0 Å². The maximum atomic E-state index is 9.06. The first-order valence-corrected chi connectivity index (χ1v) is 5.64. The van der Waals surface area contributed by atoms with Crippen molar-refractivity contribution < 1.29 is 9.84 Å². The predicted molar refractivity (Wildman–Crippen MR) is 62.1 cm³/mol. The van der Waals surface area contributed by atoms with Crippen LogP contribution < -0.4 is 5.32 Å². The van der Waals surface area contributed by atoms with E-state index in [-0.39, 0.29) is 12.6 Å². The molecule has 1 heterocycles. The summed E-state index contributed by atoms with van der Waals surface area (Å²) in [5.74, 6) is 0. The molecule has 0 bridgehead atoms. The van der Waals surface area contributed by atoms with Crippen LogP contribution in [0.5, 0.6) is 0 Å². The van der Waals surface area contributed by atoms with E-state index in [2.05, 4.69) is 17.3 Å². The van der Waals surface area contributed by atoms with Crippen molar-refractivity contribution in [2.24, 2.45) is 0 Å². The van der Waals surface area contributed by atoms with Gasteiger partial charge in [-0.05, 0) is 6.42 Å². The van der Waals surface area contributed by atoms with Gasteiger partial charge < -0.3 is 15.2 Å². The molecule has 0 aliphatic heterocycles. The molecule has 0 aliphatic rings. The molecule has 16 heavy (non-hydrogen) atoms. The Morgan fingerprint density at radius 3 is 3.06 bits per heavy atom. The van der Waals surface area contributed by atoms with E-state index >= 15 is 0 Å². The van der Waals surface area contributed by atoms with Crippen molar-refractivity contribution in [2.75, 3.05) is 20.3 Å². The number of nitrogens with one attached hydrogen (secondary N) is 1. The van der Waals surface area contributed by atoms with Crippen molar-refractivity contribution in [3.8, 4) is 0 Å². The SMILES string of the molecule is CCCn1cc(CNC(CO)COC)cn1. The minimum absolute atomic E-state index is 0.0143. The first-order valence-electron chi connectivity index (χ1n) is 5.64. The molecule has 0 radical (unpaired) electrons. The van der Waals surface area contributed by atoms with Crippen LogP contribution in [0.25, 0.3) is 0 Å². The maximum Gasteiger partial charge on any atom is 0.0638 e. The Balaban J connectivity index is 2.34. The Bertz CT molecular complexity index is 289. The maximum absolute atomic E-state index is 9.06. The Morgan fingerprint density at radius 1 is 1.62 bits per heavy atom. The van der Waals surface area contributed by atoms with E-state index in [1.165, 1.54) is 0 Å². The molecule has 0 spiro atoms. The molecule has 5 nitrogen and oxygen atoms in total. The fourth-order valence-corrected chi connectivity index (χ4v) is 1.49. The van der Waals surface area contributed by atoms with Gasteiger partial charge in [0, 0.05) is 32.0 Å². The molecule has 1 aromatic rings. The third kappa shape index (κ3) is 4.30. The van der Waals surface area contributed by atoms with Crippen LogP contribution in [0.4, 0.5) is 0 Å². The predicted octanol–water partition coefficient (Wildman–Crippen LogP) is 0.390. The van der Waals surface area contributed by atoms with E-state index in [0.717, 1.165) is 18.5 Å². The number of nitrogens with zero attached hydrogens (tertiary/aromatic N) is 2. The summed E-state index contributed by atoms with van der Waals surface area (Å²) in [5.41, 5.74) is 1.13. The van der Waals surface area contributed by atoms with Crippen LogP contribution >= 0.6 is 0 Å². The topological polar surface area (TPSA) is 59.3 Å². The molecule has 1 rings (SSSR count). The van der Waals surface area contributed by atoms with Crippen molar-refractivity contribution in [3.63, 3.8) is 0 Å². The number of rotatable bonds is 8. The molecule has 0 fully saturated rings. The normalized spacial score (nSPS) is 12.9. The summed E-state index contributed by atoms with van der Waals surface area (Å²) in [6.07, 6.45) is 4.96. The molecule has 2 N–H and O–H groups in total. The fraction of sp³-hybridized carbons (Fsp3) is 0.727. The monoisotopic (exact) mass is 227 g/mol. The average molecular weight is 227 g/mol. The number of methoxy groups -OCH3 is 1. The molecule has 1 atom stereocenters. The lowest BCUT2D eigenvalue weighted by atomic mass is 10.3. The van der Waals surface area contributed by atoms with Gasteiger partial charge in [-0.15, -0.1) is 0 Å². The summed E-state index contributed by atoms with van der Waals surface area (Å²) in [6.45, 7) is 4.37. The Kier molecular flexibility index (Phi) is 6.07. The lowest BCUT2D eigenvalue weighted by Gasteiger charge is -2.14. The quantitative estimate of drug-likeness (QED) is 0.674. The Labute approximate surface area is 96.4 Å². The zero-order valence-corrected chi connectivity index (χ0v) is 10.0. The largest absolute Gasteiger partial charge is 0.395 e. The lowest BCUT2D eigenvalue weighted by Crippen LogP contribution is -2.35. The standard InChI is InChI=1S/C11H21N3O2/c1-3-4-14-7-10(6-13-14)5-12-11(8-15)9-16-2/h6-7,11-12,15H,3-5,8-9H2,1-2H3. The average Bonchev–Trinajstić information content (AvgIpc) is 2.72. The van der Waals surface area contributed by atoms with Gasteiger partial charge in [0.15, 0.2) is 0 Å². The highest BCUT2D eigenvalue weighted by atomic mass is 16.5. The van der Waals surface area contributed by atoms with E-state index in [4.69, 9.17) is 9.84 Å². The smallest absolute Gasteiger partial charge is 0.0638 e. The fourth-order valence-electron chi connectivity index (χ4n) is 1.49. The summed E-state index contributed by atoms with van der Waals surface area (Å²) in [5, 5.41) is 16.5. The summed E-state index contributed by atoms with van der Waals surface area (Å²) in [7, 11) is 1.63. The zero-order chi connectivity index (χ0) is 11.8. The van der Waals surface area contributed by atoms with Crippen LogP contribution in [0, 0.1) is 0 Å². The summed E-state index contributed by atoms with van der Waals surface area (Å²) < 4.78 is 6.92. The molecular formula is C11H21N3O2. The highest BCUT2D eigenvalue weighted by molar-refractivity contribution is 5.03. The van der Waals surface area contributed by atoms with Crippen LogP contribution in [0.2, 0.25) is 0 Å². The molecule has 0 aromatic carbocycles. The number of hydrogen-bond donors (Lipinski definition) is 2. The highest BCUT2D eigenvalue weighted by Gasteiger charge is 2.06. The number of ether oxygens (including phenoxy) is 1. The van der Waals surface area contributed by atoms with E-state index in [1.807, 2.05) is 17.1 Å². The molecule has 5 heteroatoms. The second kappa shape index (κ2) is 7.38. The van der Waals surface area contributed by atoms with Gasteiger partial charge in [0.1, 0.15) is 0 Å². The second-order valence-corrected chi connectivity index (χ2v) is 3.83. The summed E-state index contributed by atoms with van der Waals surface area (Å²) >= 11 is 0. The lowest BCUT2D eigenvalue weighted by molar-refractivity contribution is 0.128. The third-order valence-corrected chi connectivity index (χ3v) is 2.32. The van der Waals surface area contributed by atoms with Gasteiger partial charge in [0.05, 0.1) is 25.5 Å². The molecule has 0 aliphatic carbocycles. The number of aliphatic hydroxyl groups is 1. The van der Waals surface area contributed by atoms with Crippen molar-refractivity contribution in [2.45, 2.75) is 32.5 Å². The minimum Gasteiger partial charge on any atom is -0.395 e. The highest BCUT2D eigenvalue weighted by Crippen LogP contribution is 1.99. The van der Waals surface area contributed by atoms with Crippen LogP contribution in [0.1, 0.15) is 18.9 Å². The van der Waals surface area contributed by atoms with Crippen LogP contribution in [-0.2, 0) is 17.8 Å². The number of aryl methyl sites for hydroxylation is 1. The Hall–Kier alpha value is -0.910. The van der Waals surface area contributed by atoms with Crippen molar-refractivity contribution in [1.82, 2.24) is 15.1 Å². The van der Waals surface area contributed by atoms with Gasteiger partial charge in [-0.2, -0.15) is 5.10 Å². The zero-order valence-electron chi connectivity index (χ0n) is 10.0. The van der Waals surface area contributed by atoms with Crippen molar-refractivity contribution in [3.05, 3.63) is 18.0 Å². The van der Waals surface area contributed by atoms with Gasteiger partial charge in [0.25, 0.3) is 0 Å². The summed E-state index contributed by atoms with van der Waals surface area (Å²) in [6, 6.07) is -0.0143. The molecule has 92 valence electrons. The molecular weight excluding hydrogens is 206 g/mol. The van der Waals surface area contributed by atoms with E-state index in [1.54, 1.807) is 7.11 Å². The van der Waals surface area contributed by atoms with Crippen molar-refractivity contribution >= 4 is 0 Å². The van der Waals surface area contributed by atoms with Crippen LogP contribution in [0.3, 0.4) is 0 Å². The number of hydrogen-bond acceptors (Lipinski definition) is 4. The van der Waals surface area contributed by atoms with Gasteiger partial charge >= 0.3 is 0 Å². The number of aliphatic hydroxyl groups excluding tert-OH is 1. The molecule has 0 amide bonds. The molecule has 1 aromatic heterocycles. The third-order valence-electron chi connectivity index (χ3n) is 2.32. The minimum atomic E-state index is -0.0143. The molecule has 0 saturated heterocycles.